The number of ether oxygens (including phenoxy) is 1. The first-order valence-electron chi connectivity index (χ1n) is 8.70. The van der Waals surface area contributed by atoms with E-state index < -0.39 is 10.8 Å². The average Bonchev–Trinajstić information content (AvgIpc) is 3.05. The molecule has 0 aliphatic carbocycles. The quantitative estimate of drug-likeness (QED) is 0.568. The fraction of sp³-hybridized carbons (Fsp3) is 0.368. The van der Waals surface area contributed by atoms with Crippen molar-refractivity contribution in [2.24, 2.45) is 0 Å². The van der Waals surface area contributed by atoms with Gasteiger partial charge in [-0.2, -0.15) is 0 Å². The van der Waals surface area contributed by atoms with Crippen molar-refractivity contribution in [2.45, 2.75) is 31.6 Å². The van der Waals surface area contributed by atoms with Crippen LogP contribution in [-0.2, 0) is 10.8 Å². The molecule has 0 saturated carbocycles. The molecule has 0 aliphatic heterocycles. The second-order valence-corrected chi connectivity index (χ2v) is 8.37. The zero-order chi connectivity index (χ0) is 18.5. The molecule has 0 saturated heterocycles. The molecule has 1 unspecified atom stereocenters. The van der Waals surface area contributed by atoms with Gasteiger partial charge in [0.2, 0.25) is 0 Å². The van der Waals surface area contributed by atoms with Crippen LogP contribution in [0.15, 0.2) is 35.5 Å². The Morgan fingerprint density at radius 3 is 2.92 bits per heavy atom. The van der Waals surface area contributed by atoms with Crippen molar-refractivity contribution in [2.75, 3.05) is 18.1 Å². The Hall–Kier alpha value is -1.86. The van der Waals surface area contributed by atoms with Crippen LogP contribution >= 0.6 is 12.6 Å². The lowest BCUT2D eigenvalue weighted by Gasteiger charge is -2.13. The molecule has 26 heavy (non-hydrogen) atoms. The van der Waals surface area contributed by atoms with E-state index in [0.29, 0.717) is 23.9 Å². The van der Waals surface area contributed by atoms with Crippen LogP contribution in [0.1, 0.15) is 25.3 Å². The lowest BCUT2D eigenvalue weighted by Crippen LogP contribution is -2.12. The van der Waals surface area contributed by atoms with Crippen LogP contribution in [0.2, 0.25) is 0 Å². The van der Waals surface area contributed by atoms with E-state index in [-0.39, 0.29) is 0 Å². The Bertz CT molecular complexity index is 891. The first-order chi connectivity index (χ1) is 12.6. The molecule has 1 atom stereocenters. The van der Waals surface area contributed by atoms with Gasteiger partial charge in [0.25, 0.3) is 0 Å². The fourth-order valence-electron chi connectivity index (χ4n) is 2.71. The molecule has 0 amide bonds. The third-order valence-electron chi connectivity index (χ3n) is 4.04. The van der Waals surface area contributed by atoms with E-state index in [1.165, 1.54) is 0 Å². The number of imidazole rings is 1. The van der Waals surface area contributed by atoms with Crippen LogP contribution in [-0.4, -0.2) is 37.3 Å². The molecular weight excluding hydrogens is 366 g/mol. The van der Waals surface area contributed by atoms with Crippen molar-refractivity contribution in [3.63, 3.8) is 0 Å². The first kappa shape index (κ1) is 18.9. The molecule has 138 valence electrons. The van der Waals surface area contributed by atoms with E-state index in [9.17, 15) is 4.21 Å². The van der Waals surface area contributed by atoms with Gasteiger partial charge in [-0.1, -0.05) is 13.3 Å². The van der Waals surface area contributed by atoms with Gasteiger partial charge >= 0.3 is 0 Å². The van der Waals surface area contributed by atoms with Crippen molar-refractivity contribution < 1.29 is 8.95 Å². The first-order valence-corrected chi connectivity index (χ1v) is 10.6. The number of H-pyrrole nitrogens is 1. The number of benzene rings is 1. The number of hydrogen-bond acceptors (Lipinski definition) is 5. The number of aromatic amines is 1. The molecule has 5 nitrogen and oxygen atoms in total. The zero-order valence-electron chi connectivity index (χ0n) is 15.0. The number of pyridine rings is 1. The summed E-state index contributed by atoms with van der Waals surface area (Å²) in [6.07, 6.45) is 5.50. The number of nitrogens with one attached hydrogen (secondary N) is 1. The minimum absolute atomic E-state index is 0.391. The molecule has 7 heteroatoms. The van der Waals surface area contributed by atoms with E-state index in [2.05, 4.69) is 34.5 Å². The molecule has 3 aromatic rings. The van der Waals surface area contributed by atoms with E-state index in [4.69, 9.17) is 4.74 Å². The van der Waals surface area contributed by atoms with Gasteiger partial charge in [0.15, 0.2) is 0 Å². The number of fused-ring (bicyclic) bond motifs is 1. The lowest BCUT2D eigenvalue weighted by atomic mass is 10.1. The molecule has 0 spiro atoms. The molecule has 0 bridgehead atoms. The topological polar surface area (TPSA) is 67.9 Å². The molecule has 2 heterocycles. The summed E-state index contributed by atoms with van der Waals surface area (Å²) in [6.45, 7) is 4.50. The molecule has 3 rings (SSSR count). The molecular formula is C19H23N3O2S2. The van der Waals surface area contributed by atoms with Crippen LogP contribution in [0.3, 0.4) is 0 Å². The molecule has 1 aromatic carbocycles. The van der Waals surface area contributed by atoms with Crippen LogP contribution in [0.5, 0.6) is 5.75 Å². The highest BCUT2D eigenvalue weighted by atomic mass is 32.2. The van der Waals surface area contributed by atoms with Crippen LogP contribution in [0.25, 0.3) is 22.4 Å². The number of thiol groups is 1. The van der Waals surface area contributed by atoms with Crippen LogP contribution in [0, 0.1) is 6.92 Å². The summed E-state index contributed by atoms with van der Waals surface area (Å²) in [4.78, 5) is 12.8. The van der Waals surface area contributed by atoms with E-state index in [0.717, 1.165) is 45.7 Å². The van der Waals surface area contributed by atoms with Gasteiger partial charge < -0.3 is 9.72 Å². The van der Waals surface area contributed by atoms with Crippen molar-refractivity contribution in [1.82, 2.24) is 15.0 Å². The number of aryl methyl sites for hydroxylation is 1. The minimum atomic E-state index is -0.850. The summed E-state index contributed by atoms with van der Waals surface area (Å²) in [7, 11) is -0.850. The van der Waals surface area contributed by atoms with Crippen molar-refractivity contribution in [1.29, 1.82) is 0 Å². The molecule has 1 N–H and O–H groups in total. The summed E-state index contributed by atoms with van der Waals surface area (Å²) in [5, 5.41) is 0. The summed E-state index contributed by atoms with van der Waals surface area (Å²) in [5.41, 5.74) is 3.65. The Labute approximate surface area is 161 Å². The summed E-state index contributed by atoms with van der Waals surface area (Å²) in [6, 6.07) is 5.85. The Balaban J connectivity index is 1.84. The van der Waals surface area contributed by atoms with Gasteiger partial charge in [0.1, 0.15) is 11.6 Å². The van der Waals surface area contributed by atoms with Gasteiger partial charge in [-0.15, -0.1) is 12.6 Å². The van der Waals surface area contributed by atoms with Crippen LogP contribution < -0.4 is 4.74 Å². The highest BCUT2D eigenvalue weighted by Gasteiger charge is 2.15. The van der Waals surface area contributed by atoms with Gasteiger partial charge in [0.05, 0.1) is 35.2 Å². The van der Waals surface area contributed by atoms with E-state index >= 15 is 0 Å². The normalized spacial score (nSPS) is 12.4. The fourth-order valence-corrected chi connectivity index (χ4v) is 4.18. The van der Waals surface area contributed by atoms with E-state index in [1.807, 2.05) is 25.1 Å². The number of rotatable bonds is 8. The van der Waals surface area contributed by atoms with Crippen molar-refractivity contribution in [3.8, 4) is 17.1 Å². The second-order valence-electron chi connectivity index (χ2n) is 6.19. The smallest absolute Gasteiger partial charge is 0.143 e. The van der Waals surface area contributed by atoms with E-state index in [1.54, 1.807) is 12.4 Å². The number of nitrogens with zero attached hydrogens (tertiary/aromatic N) is 2. The SMILES string of the molecule is CCCCS(=O)CCOc1c(S)cc(C)cc1-c1nc2ccncc2[nH]1. The number of aromatic nitrogens is 3. The lowest BCUT2D eigenvalue weighted by molar-refractivity contribution is 0.336. The second kappa shape index (κ2) is 8.68. The predicted octanol–water partition coefficient (Wildman–Crippen LogP) is 4.15. The largest absolute Gasteiger partial charge is 0.491 e. The Morgan fingerprint density at radius 2 is 2.15 bits per heavy atom. The van der Waals surface area contributed by atoms with Gasteiger partial charge in [-0.25, -0.2) is 4.98 Å². The Kier molecular flexibility index (Phi) is 6.32. The minimum Gasteiger partial charge on any atom is -0.491 e. The third-order valence-corrected chi connectivity index (χ3v) is 5.73. The molecule has 2 aromatic heterocycles. The maximum Gasteiger partial charge on any atom is 0.143 e. The Morgan fingerprint density at radius 1 is 1.31 bits per heavy atom. The maximum absolute atomic E-state index is 12.0. The molecule has 0 aliphatic rings. The predicted molar refractivity (Wildman–Crippen MR) is 110 cm³/mol. The monoisotopic (exact) mass is 389 g/mol. The number of hydrogen-bond donors (Lipinski definition) is 2. The summed E-state index contributed by atoms with van der Waals surface area (Å²) in [5.74, 6) is 2.63. The van der Waals surface area contributed by atoms with Gasteiger partial charge in [-0.3, -0.25) is 9.19 Å². The number of unbranched alkanes of at least 4 members (excludes halogenated alkanes) is 1. The summed E-state index contributed by atoms with van der Waals surface area (Å²) >= 11 is 4.58. The standard InChI is InChI=1S/C19H23N3O2S2/c1-3-4-8-26(23)9-7-24-18-14(10-13(2)11-17(18)25)19-21-15-5-6-20-12-16(15)22-19/h5-6,10-12,25H,3-4,7-9H2,1-2H3,(H,21,22). The van der Waals surface area contributed by atoms with Crippen molar-refractivity contribution in [3.05, 3.63) is 36.2 Å². The molecule has 0 fully saturated rings. The summed E-state index contributed by atoms with van der Waals surface area (Å²) < 4.78 is 18.0. The van der Waals surface area contributed by atoms with Crippen molar-refractivity contribution >= 4 is 34.5 Å². The molecule has 0 radical (unpaired) electrons. The average molecular weight is 390 g/mol. The highest BCUT2D eigenvalue weighted by molar-refractivity contribution is 7.85. The van der Waals surface area contributed by atoms with Gasteiger partial charge in [-0.05, 0) is 37.1 Å². The van der Waals surface area contributed by atoms with Crippen LogP contribution in [0.4, 0.5) is 0 Å². The zero-order valence-corrected chi connectivity index (χ0v) is 16.7. The third kappa shape index (κ3) is 4.45. The maximum atomic E-state index is 12.0. The highest BCUT2D eigenvalue weighted by Crippen LogP contribution is 2.36. The van der Waals surface area contributed by atoms with Gasteiger partial charge in [0, 0.05) is 27.6 Å².